The van der Waals surface area contributed by atoms with Gasteiger partial charge in [0.25, 0.3) is 0 Å². The molecule has 1 heterocycles. The van der Waals surface area contributed by atoms with Crippen LogP contribution in [-0.2, 0) is 4.74 Å². The predicted octanol–water partition coefficient (Wildman–Crippen LogP) is 2.95. The second kappa shape index (κ2) is 5.21. The van der Waals surface area contributed by atoms with Crippen molar-refractivity contribution in [2.75, 3.05) is 19.8 Å². The summed E-state index contributed by atoms with van der Waals surface area (Å²) < 4.78 is 16.7. The van der Waals surface area contributed by atoms with Crippen molar-refractivity contribution < 1.29 is 14.2 Å². The zero-order valence-corrected chi connectivity index (χ0v) is 9.86. The van der Waals surface area contributed by atoms with Gasteiger partial charge >= 0.3 is 0 Å². The van der Waals surface area contributed by atoms with Gasteiger partial charge in [-0.25, -0.2) is 0 Å². The van der Waals surface area contributed by atoms with Gasteiger partial charge in [-0.15, -0.1) is 0 Å². The van der Waals surface area contributed by atoms with E-state index in [0.29, 0.717) is 13.2 Å². The molecule has 0 amide bonds. The van der Waals surface area contributed by atoms with Gasteiger partial charge in [0.2, 0.25) is 0 Å². The molecule has 0 radical (unpaired) electrons. The van der Waals surface area contributed by atoms with E-state index >= 15 is 0 Å². The highest BCUT2D eigenvalue weighted by molar-refractivity contribution is 5.44. The summed E-state index contributed by atoms with van der Waals surface area (Å²) in [6.07, 6.45) is 1.12. The molecule has 0 aliphatic carbocycles. The van der Waals surface area contributed by atoms with Gasteiger partial charge < -0.3 is 14.2 Å². The van der Waals surface area contributed by atoms with E-state index in [2.05, 4.69) is 13.0 Å². The first kappa shape index (κ1) is 11.3. The van der Waals surface area contributed by atoms with E-state index in [0.717, 1.165) is 30.1 Å². The van der Waals surface area contributed by atoms with Crippen molar-refractivity contribution in [1.29, 1.82) is 0 Å². The van der Waals surface area contributed by atoms with Crippen LogP contribution in [0.25, 0.3) is 0 Å². The third-order valence-electron chi connectivity index (χ3n) is 2.68. The molecule has 1 aromatic rings. The molecule has 0 saturated carbocycles. The van der Waals surface area contributed by atoms with Crippen molar-refractivity contribution in [2.24, 2.45) is 0 Å². The van der Waals surface area contributed by atoms with Crippen molar-refractivity contribution in [2.45, 2.75) is 26.4 Å². The molecule has 0 saturated heterocycles. The molecule has 2 rings (SSSR count). The Morgan fingerprint density at radius 1 is 1.19 bits per heavy atom. The lowest BCUT2D eigenvalue weighted by Gasteiger charge is -2.21. The molecule has 3 heteroatoms. The van der Waals surface area contributed by atoms with Gasteiger partial charge in [0.15, 0.2) is 11.5 Å². The first-order valence-corrected chi connectivity index (χ1v) is 5.86. The van der Waals surface area contributed by atoms with Crippen molar-refractivity contribution in [3.05, 3.63) is 23.8 Å². The van der Waals surface area contributed by atoms with Gasteiger partial charge in [0, 0.05) is 6.61 Å². The maximum absolute atomic E-state index is 5.67. The smallest absolute Gasteiger partial charge is 0.161 e. The average Bonchev–Trinajstić information content (AvgIpc) is 2.35. The number of hydrogen-bond donors (Lipinski definition) is 0. The maximum atomic E-state index is 5.67. The van der Waals surface area contributed by atoms with Gasteiger partial charge in [-0.3, -0.25) is 0 Å². The highest BCUT2D eigenvalue weighted by Crippen LogP contribution is 2.34. The summed E-state index contributed by atoms with van der Waals surface area (Å²) in [7, 11) is 0. The first-order valence-electron chi connectivity index (χ1n) is 5.86. The molecule has 0 bridgehead atoms. The Hall–Kier alpha value is -1.22. The molecule has 88 valence electrons. The number of fused-ring (bicyclic) bond motifs is 1. The van der Waals surface area contributed by atoms with E-state index in [1.807, 2.05) is 19.1 Å². The minimum absolute atomic E-state index is 0.154. The summed E-state index contributed by atoms with van der Waals surface area (Å²) in [4.78, 5) is 0. The fraction of sp³-hybridized carbons (Fsp3) is 0.538. The van der Waals surface area contributed by atoms with Crippen LogP contribution in [0.3, 0.4) is 0 Å². The molecule has 1 atom stereocenters. The third kappa shape index (κ3) is 2.30. The summed E-state index contributed by atoms with van der Waals surface area (Å²) in [5.74, 6) is 1.67. The molecular formula is C13H18O3. The Balaban J connectivity index is 2.21. The Bertz CT molecular complexity index is 349. The standard InChI is InChI=1S/C13H18O3/c1-3-11(14-4-2)10-5-6-12-13(9-10)16-8-7-15-12/h5-6,9,11H,3-4,7-8H2,1-2H3/t11-/m1/s1. The molecule has 3 nitrogen and oxygen atoms in total. The van der Waals surface area contributed by atoms with Crippen LogP contribution >= 0.6 is 0 Å². The summed E-state index contributed by atoms with van der Waals surface area (Å²) in [6, 6.07) is 6.04. The van der Waals surface area contributed by atoms with E-state index in [-0.39, 0.29) is 6.10 Å². The van der Waals surface area contributed by atoms with E-state index < -0.39 is 0 Å². The van der Waals surface area contributed by atoms with Crippen LogP contribution in [-0.4, -0.2) is 19.8 Å². The Labute approximate surface area is 96.3 Å². The van der Waals surface area contributed by atoms with Gasteiger partial charge in [0.1, 0.15) is 13.2 Å². The number of benzene rings is 1. The highest BCUT2D eigenvalue weighted by Gasteiger charge is 2.15. The molecule has 0 fully saturated rings. The summed E-state index contributed by atoms with van der Waals surface area (Å²) >= 11 is 0. The molecule has 1 aromatic carbocycles. The maximum Gasteiger partial charge on any atom is 0.161 e. The predicted molar refractivity (Wildman–Crippen MR) is 62.1 cm³/mol. The fourth-order valence-electron chi connectivity index (χ4n) is 1.91. The van der Waals surface area contributed by atoms with Crippen molar-refractivity contribution >= 4 is 0 Å². The lowest BCUT2D eigenvalue weighted by molar-refractivity contribution is 0.0593. The van der Waals surface area contributed by atoms with Crippen LogP contribution in [0.1, 0.15) is 31.9 Å². The van der Waals surface area contributed by atoms with Crippen LogP contribution in [0.5, 0.6) is 11.5 Å². The van der Waals surface area contributed by atoms with Gasteiger partial charge in [-0.05, 0) is 31.0 Å². The lowest BCUT2D eigenvalue weighted by atomic mass is 10.1. The van der Waals surface area contributed by atoms with Gasteiger partial charge in [-0.2, -0.15) is 0 Å². The Morgan fingerprint density at radius 2 is 1.94 bits per heavy atom. The topological polar surface area (TPSA) is 27.7 Å². The van der Waals surface area contributed by atoms with E-state index in [1.165, 1.54) is 0 Å². The number of rotatable bonds is 4. The zero-order valence-electron chi connectivity index (χ0n) is 9.86. The van der Waals surface area contributed by atoms with Crippen LogP contribution in [0.4, 0.5) is 0 Å². The normalized spacial score (nSPS) is 15.9. The number of ether oxygens (including phenoxy) is 3. The molecule has 1 aliphatic rings. The Kier molecular flexibility index (Phi) is 3.67. The molecule has 0 unspecified atom stereocenters. The average molecular weight is 222 g/mol. The van der Waals surface area contributed by atoms with Gasteiger partial charge in [-0.1, -0.05) is 13.0 Å². The molecule has 0 spiro atoms. The molecular weight excluding hydrogens is 204 g/mol. The molecule has 0 aromatic heterocycles. The minimum Gasteiger partial charge on any atom is -0.486 e. The van der Waals surface area contributed by atoms with Crippen LogP contribution < -0.4 is 9.47 Å². The molecule has 1 aliphatic heterocycles. The monoisotopic (exact) mass is 222 g/mol. The Morgan fingerprint density at radius 3 is 2.62 bits per heavy atom. The minimum atomic E-state index is 0.154. The SMILES string of the molecule is CCO[C@H](CC)c1ccc2c(c1)OCCO2. The zero-order chi connectivity index (χ0) is 11.4. The summed E-state index contributed by atoms with van der Waals surface area (Å²) in [5, 5.41) is 0. The van der Waals surface area contributed by atoms with E-state index in [1.54, 1.807) is 0 Å². The summed E-state index contributed by atoms with van der Waals surface area (Å²) in [6.45, 7) is 6.13. The number of hydrogen-bond acceptors (Lipinski definition) is 3. The van der Waals surface area contributed by atoms with E-state index in [9.17, 15) is 0 Å². The van der Waals surface area contributed by atoms with Crippen molar-refractivity contribution in [3.63, 3.8) is 0 Å². The highest BCUT2D eigenvalue weighted by atomic mass is 16.6. The first-order chi connectivity index (χ1) is 7.85. The second-order valence-corrected chi connectivity index (χ2v) is 3.76. The van der Waals surface area contributed by atoms with Crippen molar-refractivity contribution in [1.82, 2.24) is 0 Å². The van der Waals surface area contributed by atoms with E-state index in [4.69, 9.17) is 14.2 Å². The third-order valence-corrected chi connectivity index (χ3v) is 2.68. The van der Waals surface area contributed by atoms with Crippen LogP contribution in [0.2, 0.25) is 0 Å². The largest absolute Gasteiger partial charge is 0.486 e. The summed E-state index contributed by atoms with van der Waals surface area (Å²) in [5.41, 5.74) is 1.16. The second-order valence-electron chi connectivity index (χ2n) is 3.76. The fourth-order valence-corrected chi connectivity index (χ4v) is 1.91. The van der Waals surface area contributed by atoms with Gasteiger partial charge in [0.05, 0.1) is 6.10 Å². The van der Waals surface area contributed by atoms with Crippen LogP contribution in [0.15, 0.2) is 18.2 Å². The van der Waals surface area contributed by atoms with Crippen LogP contribution in [0, 0.1) is 0 Å². The quantitative estimate of drug-likeness (QED) is 0.784. The molecule has 16 heavy (non-hydrogen) atoms. The molecule has 0 N–H and O–H groups in total. The van der Waals surface area contributed by atoms with Crippen molar-refractivity contribution in [3.8, 4) is 11.5 Å². The lowest BCUT2D eigenvalue weighted by Crippen LogP contribution is -2.15.